The van der Waals surface area contributed by atoms with E-state index in [4.69, 9.17) is 0 Å². The van der Waals surface area contributed by atoms with Crippen molar-refractivity contribution in [2.45, 2.75) is 6.54 Å². The molecule has 0 bridgehead atoms. The van der Waals surface area contributed by atoms with Gasteiger partial charge in [0.1, 0.15) is 0 Å². The maximum Gasteiger partial charge on any atom is 0.162 e. The van der Waals surface area contributed by atoms with Gasteiger partial charge in [0, 0.05) is 42.8 Å². The lowest BCUT2D eigenvalue weighted by molar-refractivity contribution is 0.230. The summed E-state index contributed by atoms with van der Waals surface area (Å²) in [6.45, 7) is 4.54. The largest absolute Gasteiger partial charge is 0.504 e. The van der Waals surface area contributed by atoms with Crippen LogP contribution >= 0.6 is 15.9 Å². The number of piperazine rings is 1. The fourth-order valence-electron chi connectivity index (χ4n) is 1.87. The number of benzene rings is 1. The van der Waals surface area contributed by atoms with Crippen LogP contribution in [-0.4, -0.2) is 41.3 Å². The van der Waals surface area contributed by atoms with Gasteiger partial charge in [0.2, 0.25) is 0 Å². The SMILES string of the molecule is Oc1cc(Br)cc(CN2CCNCC2)c1O. The molecule has 0 aliphatic carbocycles. The van der Waals surface area contributed by atoms with Gasteiger partial charge >= 0.3 is 0 Å². The maximum atomic E-state index is 9.74. The molecule has 1 aromatic rings. The van der Waals surface area contributed by atoms with Crippen molar-refractivity contribution >= 4 is 15.9 Å². The number of nitrogens with zero attached hydrogens (tertiary/aromatic N) is 1. The van der Waals surface area contributed by atoms with Crippen molar-refractivity contribution < 1.29 is 10.2 Å². The van der Waals surface area contributed by atoms with Crippen molar-refractivity contribution in [3.8, 4) is 11.5 Å². The number of halogens is 1. The van der Waals surface area contributed by atoms with E-state index < -0.39 is 0 Å². The summed E-state index contributed by atoms with van der Waals surface area (Å²) in [7, 11) is 0. The van der Waals surface area contributed by atoms with Crippen molar-refractivity contribution in [3.05, 3.63) is 22.2 Å². The molecule has 0 atom stereocenters. The number of nitrogens with one attached hydrogen (secondary N) is 1. The van der Waals surface area contributed by atoms with Crippen molar-refractivity contribution in [3.63, 3.8) is 0 Å². The molecule has 0 aromatic heterocycles. The number of hydrogen-bond donors (Lipinski definition) is 3. The highest BCUT2D eigenvalue weighted by atomic mass is 79.9. The van der Waals surface area contributed by atoms with Crippen LogP contribution in [0, 0.1) is 0 Å². The van der Waals surface area contributed by atoms with Crippen LogP contribution in [0.3, 0.4) is 0 Å². The van der Waals surface area contributed by atoms with Gasteiger partial charge in [-0.05, 0) is 12.1 Å². The third-order valence-corrected chi connectivity index (χ3v) is 3.19. The molecule has 2 rings (SSSR count). The summed E-state index contributed by atoms with van der Waals surface area (Å²) in [5, 5.41) is 22.5. The molecule has 16 heavy (non-hydrogen) atoms. The Morgan fingerprint density at radius 2 is 1.94 bits per heavy atom. The second-order valence-electron chi connectivity index (χ2n) is 3.96. The van der Waals surface area contributed by atoms with Gasteiger partial charge in [-0.25, -0.2) is 0 Å². The molecular formula is C11H15BrN2O2. The molecule has 1 aromatic carbocycles. The Kier molecular flexibility index (Phi) is 3.68. The Labute approximate surface area is 103 Å². The zero-order valence-corrected chi connectivity index (χ0v) is 10.5. The minimum Gasteiger partial charge on any atom is -0.504 e. The average Bonchev–Trinajstić information content (AvgIpc) is 2.27. The third-order valence-electron chi connectivity index (χ3n) is 2.74. The molecular weight excluding hydrogens is 272 g/mol. The molecule has 0 unspecified atom stereocenters. The Balaban J connectivity index is 2.13. The van der Waals surface area contributed by atoms with E-state index in [2.05, 4.69) is 26.1 Å². The number of rotatable bonds is 2. The maximum absolute atomic E-state index is 9.74. The van der Waals surface area contributed by atoms with Crippen molar-refractivity contribution in [2.24, 2.45) is 0 Å². The van der Waals surface area contributed by atoms with E-state index in [0.717, 1.165) is 36.2 Å². The molecule has 0 spiro atoms. The van der Waals surface area contributed by atoms with Crippen LogP contribution in [0.1, 0.15) is 5.56 Å². The quantitative estimate of drug-likeness (QED) is 0.717. The van der Waals surface area contributed by atoms with Crippen LogP contribution in [-0.2, 0) is 6.54 Å². The van der Waals surface area contributed by atoms with Crippen molar-refractivity contribution in [1.29, 1.82) is 0 Å². The summed E-state index contributed by atoms with van der Waals surface area (Å²) < 4.78 is 0.785. The van der Waals surface area contributed by atoms with E-state index in [1.807, 2.05) is 6.07 Å². The van der Waals surface area contributed by atoms with Gasteiger partial charge in [-0.15, -0.1) is 0 Å². The minimum absolute atomic E-state index is 0.0123. The molecule has 1 heterocycles. The normalized spacial score (nSPS) is 17.6. The highest BCUT2D eigenvalue weighted by Crippen LogP contribution is 2.33. The van der Waals surface area contributed by atoms with E-state index in [9.17, 15) is 10.2 Å². The number of phenols is 2. The molecule has 4 nitrogen and oxygen atoms in total. The summed E-state index contributed by atoms with van der Waals surface area (Å²) in [6, 6.07) is 3.34. The fraction of sp³-hybridized carbons (Fsp3) is 0.455. The molecule has 0 saturated carbocycles. The first-order valence-corrected chi connectivity index (χ1v) is 6.09. The molecule has 1 fully saturated rings. The van der Waals surface area contributed by atoms with Crippen molar-refractivity contribution in [1.82, 2.24) is 10.2 Å². The van der Waals surface area contributed by atoms with Gasteiger partial charge in [0.15, 0.2) is 11.5 Å². The van der Waals surface area contributed by atoms with Crippen molar-refractivity contribution in [2.75, 3.05) is 26.2 Å². The van der Waals surface area contributed by atoms with Crippen LogP contribution in [0.5, 0.6) is 11.5 Å². The second kappa shape index (κ2) is 5.03. The summed E-state index contributed by atoms with van der Waals surface area (Å²) in [5.74, 6) is -0.0822. The molecule has 1 aliphatic rings. The summed E-state index contributed by atoms with van der Waals surface area (Å²) in [5.41, 5.74) is 0.758. The summed E-state index contributed by atoms with van der Waals surface area (Å²) in [6.07, 6.45) is 0. The first-order valence-electron chi connectivity index (χ1n) is 5.30. The first-order chi connectivity index (χ1) is 7.66. The van der Waals surface area contributed by atoms with E-state index >= 15 is 0 Å². The van der Waals surface area contributed by atoms with E-state index in [-0.39, 0.29) is 11.5 Å². The lowest BCUT2D eigenvalue weighted by Crippen LogP contribution is -2.42. The molecule has 88 valence electrons. The zero-order chi connectivity index (χ0) is 11.5. The molecule has 3 N–H and O–H groups in total. The monoisotopic (exact) mass is 286 g/mol. The highest BCUT2D eigenvalue weighted by Gasteiger charge is 2.14. The number of phenolic OH excluding ortho intramolecular Hbond substituents is 2. The predicted molar refractivity (Wildman–Crippen MR) is 65.6 cm³/mol. The highest BCUT2D eigenvalue weighted by molar-refractivity contribution is 9.10. The van der Waals surface area contributed by atoms with Crippen LogP contribution in [0.2, 0.25) is 0 Å². The van der Waals surface area contributed by atoms with Gasteiger partial charge in [-0.3, -0.25) is 4.90 Å². The standard InChI is InChI=1S/C11H15BrN2O2/c12-9-5-8(11(16)10(15)6-9)7-14-3-1-13-2-4-14/h5-6,13,15-16H,1-4,7H2. The summed E-state index contributed by atoms with van der Waals surface area (Å²) in [4.78, 5) is 2.25. The van der Waals surface area contributed by atoms with E-state index in [1.165, 1.54) is 6.07 Å². The van der Waals surface area contributed by atoms with Crippen LogP contribution in [0.25, 0.3) is 0 Å². The average molecular weight is 287 g/mol. The molecule has 0 radical (unpaired) electrons. The van der Waals surface area contributed by atoms with Gasteiger partial charge in [0.25, 0.3) is 0 Å². The predicted octanol–water partition coefficient (Wildman–Crippen LogP) is 1.27. The zero-order valence-electron chi connectivity index (χ0n) is 8.91. The van der Waals surface area contributed by atoms with Gasteiger partial charge in [0.05, 0.1) is 0 Å². The Bertz CT molecular complexity index is 378. The van der Waals surface area contributed by atoms with Gasteiger partial charge in [-0.1, -0.05) is 15.9 Å². The fourth-order valence-corrected chi connectivity index (χ4v) is 2.36. The first kappa shape index (κ1) is 11.7. The molecule has 1 aliphatic heterocycles. The second-order valence-corrected chi connectivity index (χ2v) is 4.87. The minimum atomic E-state index is -0.0699. The lowest BCUT2D eigenvalue weighted by Gasteiger charge is -2.27. The number of hydrogen-bond acceptors (Lipinski definition) is 4. The molecule has 1 saturated heterocycles. The molecule has 5 heteroatoms. The number of aromatic hydroxyl groups is 2. The Morgan fingerprint density at radius 3 is 2.62 bits per heavy atom. The van der Waals surface area contributed by atoms with Gasteiger partial charge in [-0.2, -0.15) is 0 Å². The Morgan fingerprint density at radius 1 is 1.25 bits per heavy atom. The smallest absolute Gasteiger partial charge is 0.162 e. The third kappa shape index (κ3) is 2.66. The Hall–Kier alpha value is -0.780. The van der Waals surface area contributed by atoms with Crippen LogP contribution in [0.4, 0.5) is 0 Å². The van der Waals surface area contributed by atoms with E-state index in [0.29, 0.717) is 6.54 Å². The topological polar surface area (TPSA) is 55.7 Å². The molecule has 0 amide bonds. The van der Waals surface area contributed by atoms with Crippen LogP contribution in [0.15, 0.2) is 16.6 Å². The van der Waals surface area contributed by atoms with Gasteiger partial charge < -0.3 is 15.5 Å². The summed E-state index contributed by atoms with van der Waals surface area (Å²) >= 11 is 3.31. The van der Waals surface area contributed by atoms with Crippen LogP contribution < -0.4 is 5.32 Å². The van der Waals surface area contributed by atoms with E-state index in [1.54, 1.807) is 0 Å². The lowest BCUT2D eigenvalue weighted by atomic mass is 10.1.